The molecule has 82 valence electrons. The summed E-state index contributed by atoms with van der Waals surface area (Å²) >= 11 is 5.63. The van der Waals surface area contributed by atoms with Gasteiger partial charge in [0.05, 0.1) is 0 Å². The van der Waals surface area contributed by atoms with Crippen molar-refractivity contribution in [3.63, 3.8) is 0 Å². The van der Waals surface area contributed by atoms with Gasteiger partial charge >= 0.3 is 0 Å². The fraction of sp³-hybridized carbons (Fsp3) is 0.818. The molecule has 0 spiro atoms. The maximum Gasteiger partial charge on any atom is 0.220 e. The second kappa shape index (κ2) is 3.78. The predicted octanol–water partition coefficient (Wildman–Crippen LogP) is 2.75. The Kier molecular flexibility index (Phi) is 2.43. The van der Waals surface area contributed by atoms with E-state index in [4.69, 9.17) is 16.0 Å². The van der Waals surface area contributed by atoms with Crippen molar-refractivity contribution in [2.24, 2.45) is 11.8 Å². The van der Waals surface area contributed by atoms with Crippen molar-refractivity contribution in [2.45, 2.75) is 38.0 Å². The summed E-state index contributed by atoms with van der Waals surface area (Å²) in [4.78, 5) is 0. The van der Waals surface area contributed by atoms with Crippen molar-refractivity contribution in [1.29, 1.82) is 0 Å². The number of fused-ring (bicyclic) bond motifs is 1. The van der Waals surface area contributed by atoms with Crippen molar-refractivity contribution >= 4 is 11.6 Å². The average molecular weight is 227 g/mol. The van der Waals surface area contributed by atoms with Gasteiger partial charge in [-0.05, 0) is 24.7 Å². The van der Waals surface area contributed by atoms with Crippen LogP contribution < -0.4 is 0 Å². The molecule has 2 saturated carbocycles. The lowest BCUT2D eigenvalue weighted by Gasteiger charge is -2.04. The second-order valence-corrected chi connectivity index (χ2v) is 4.99. The highest BCUT2D eigenvalue weighted by molar-refractivity contribution is 6.17. The van der Waals surface area contributed by atoms with Gasteiger partial charge in [-0.25, -0.2) is 0 Å². The number of nitrogens with zero attached hydrogens (tertiary/aromatic N) is 2. The van der Waals surface area contributed by atoms with Crippen molar-refractivity contribution in [1.82, 2.24) is 10.2 Å². The van der Waals surface area contributed by atoms with Crippen LogP contribution in [0.2, 0.25) is 0 Å². The van der Waals surface area contributed by atoms with Crippen LogP contribution in [0.1, 0.15) is 43.4 Å². The van der Waals surface area contributed by atoms with E-state index in [1.54, 1.807) is 0 Å². The first-order valence-corrected chi connectivity index (χ1v) is 6.32. The van der Waals surface area contributed by atoms with E-state index in [1.807, 2.05) is 0 Å². The summed E-state index contributed by atoms with van der Waals surface area (Å²) in [5.74, 6) is 4.37. The molecule has 0 saturated heterocycles. The normalized spacial score (nSPS) is 33.8. The highest BCUT2D eigenvalue weighted by Crippen LogP contribution is 2.60. The van der Waals surface area contributed by atoms with E-state index in [0.29, 0.717) is 24.1 Å². The summed E-state index contributed by atoms with van der Waals surface area (Å²) in [6.45, 7) is 0. The topological polar surface area (TPSA) is 38.9 Å². The maximum absolute atomic E-state index is 5.63. The zero-order valence-corrected chi connectivity index (χ0v) is 9.41. The molecule has 1 aromatic rings. The number of aryl methyl sites for hydroxylation is 1. The second-order valence-electron chi connectivity index (χ2n) is 4.61. The van der Waals surface area contributed by atoms with E-state index in [1.165, 1.54) is 25.7 Å². The van der Waals surface area contributed by atoms with E-state index in [-0.39, 0.29) is 0 Å². The molecule has 1 heterocycles. The van der Waals surface area contributed by atoms with Gasteiger partial charge in [-0.3, -0.25) is 0 Å². The third kappa shape index (κ3) is 1.67. The van der Waals surface area contributed by atoms with Crippen LogP contribution in [0.15, 0.2) is 4.42 Å². The molecule has 2 aliphatic carbocycles. The van der Waals surface area contributed by atoms with Gasteiger partial charge < -0.3 is 4.42 Å². The number of hydrogen-bond donors (Lipinski definition) is 0. The van der Waals surface area contributed by atoms with Crippen LogP contribution in [0.25, 0.3) is 0 Å². The summed E-state index contributed by atoms with van der Waals surface area (Å²) in [7, 11) is 0. The number of halogens is 1. The summed E-state index contributed by atoms with van der Waals surface area (Å²) in [6, 6.07) is 0. The summed E-state index contributed by atoms with van der Waals surface area (Å²) < 4.78 is 5.63. The Morgan fingerprint density at radius 1 is 1.20 bits per heavy atom. The van der Waals surface area contributed by atoms with Crippen LogP contribution in [0, 0.1) is 11.8 Å². The lowest BCUT2D eigenvalue weighted by Crippen LogP contribution is -1.91. The van der Waals surface area contributed by atoms with Crippen molar-refractivity contribution in [2.75, 3.05) is 5.88 Å². The van der Waals surface area contributed by atoms with E-state index in [9.17, 15) is 0 Å². The van der Waals surface area contributed by atoms with Crippen LogP contribution >= 0.6 is 11.6 Å². The van der Waals surface area contributed by atoms with Gasteiger partial charge in [-0.15, -0.1) is 21.8 Å². The molecule has 1 aromatic heterocycles. The minimum Gasteiger partial charge on any atom is -0.425 e. The highest BCUT2D eigenvalue weighted by atomic mass is 35.5. The maximum atomic E-state index is 5.63. The Balaban J connectivity index is 1.71. The van der Waals surface area contributed by atoms with E-state index < -0.39 is 0 Å². The third-order valence-corrected chi connectivity index (χ3v) is 3.92. The number of rotatable bonds is 3. The van der Waals surface area contributed by atoms with Crippen LogP contribution in [0.5, 0.6) is 0 Å². The van der Waals surface area contributed by atoms with Crippen LogP contribution in [-0.2, 0) is 6.42 Å². The van der Waals surface area contributed by atoms with Gasteiger partial charge in [-0.1, -0.05) is 12.8 Å². The SMILES string of the molecule is ClCCc1nnc(C2C3CCCCC32)o1. The predicted molar refractivity (Wildman–Crippen MR) is 56.9 cm³/mol. The number of alkyl halides is 1. The fourth-order valence-corrected chi connectivity index (χ4v) is 3.10. The fourth-order valence-electron chi connectivity index (χ4n) is 2.94. The Morgan fingerprint density at radius 2 is 1.93 bits per heavy atom. The summed E-state index contributed by atoms with van der Waals surface area (Å²) in [5, 5.41) is 8.17. The number of hydrogen-bond acceptors (Lipinski definition) is 3. The van der Waals surface area contributed by atoms with Gasteiger partial charge in [0.25, 0.3) is 0 Å². The molecule has 4 heteroatoms. The number of aromatic nitrogens is 2. The zero-order valence-electron chi connectivity index (χ0n) is 8.66. The van der Waals surface area contributed by atoms with Crippen LogP contribution in [0.3, 0.4) is 0 Å². The minimum absolute atomic E-state index is 0.555. The molecule has 0 amide bonds. The molecule has 0 aliphatic heterocycles. The molecule has 15 heavy (non-hydrogen) atoms. The van der Waals surface area contributed by atoms with E-state index >= 15 is 0 Å². The molecule has 0 N–H and O–H groups in total. The lowest BCUT2D eigenvalue weighted by molar-refractivity contribution is 0.446. The minimum atomic E-state index is 0.555. The Morgan fingerprint density at radius 3 is 2.60 bits per heavy atom. The van der Waals surface area contributed by atoms with E-state index in [0.717, 1.165) is 17.7 Å². The van der Waals surface area contributed by atoms with E-state index in [2.05, 4.69) is 10.2 Å². The molecule has 2 atom stereocenters. The highest BCUT2D eigenvalue weighted by Gasteiger charge is 2.54. The van der Waals surface area contributed by atoms with Gasteiger partial charge in [-0.2, -0.15) is 0 Å². The Bertz CT molecular complexity index is 340. The van der Waals surface area contributed by atoms with Crippen LogP contribution in [0.4, 0.5) is 0 Å². The van der Waals surface area contributed by atoms with Crippen molar-refractivity contribution in [3.05, 3.63) is 11.8 Å². The molecular weight excluding hydrogens is 212 g/mol. The molecule has 0 aromatic carbocycles. The van der Waals surface area contributed by atoms with Gasteiger partial charge in [0.15, 0.2) is 0 Å². The van der Waals surface area contributed by atoms with Gasteiger partial charge in [0, 0.05) is 18.2 Å². The van der Waals surface area contributed by atoms with Crippen molar-refractivity contribution < 1.29 is 4.42 Å². The monoisotopic (exact) mass is 226 g/mol. The molecule has 0 radical (unpaired) electrons. The van der Waals surface area contributed by atoms with Crippen LogP contribution in [-0.4, -0.2) is 16.1 Å². The lowest BCUT2D eigenvalue weighted by atomic mass is 10.0. The first kappa shape index (κ1) is 9.64. The first-order chi connectivity index (χ1) is 7.40. The first-order valence-electron chi connectivity index (χ1n) is 5.78. The summed E-state index contributed by atoms with van der Waals surface area (Å²) in [6.07, 6.45) is 6.14. The molecular formula is C11H15ClN2O. The molecule has 2 unspecified atom stereocenters. The Hall–Kier alpha value is -0.570. The quantitative estimate of drug-likeness (QED) is 0.744. The zero-order chi connectivity index (χ0) is 10.3. The molecule has 2 aliphatic rings. The molecule has 2 fully saturated rings. The average Bonchev–Trinajstić information content (AvgIpc) is 2.82. The third-order valence-electron chi connectivity index (χ3n) is 3.73. The molecule has 3 nitrogen and oxygen atoms in total. The summed E-state index contributed by atoms with van der Waals surface area (Å²) in [5.41, 5.74) is 0. The molecule has 0 bridgehead atoms. The van der Waals surface area contributed by atoms with Gasteiger partial charge in [0.2, 0.25) is 11.8 Å². The van der Waals surface area contributed by atoms with Gasteiger partial charge in [0.1, 0.15) is 0 Å². The Labute approximate surface area is 94.2 Å². The van der Waals surface area contributed by atoms with Crippen molar-refractivity contribution in [3.8, 4) is 0 Å². The molecule has 3 rings (SSSR count). The largest absolute Gasteiger partial charge is 0.425 e. The smallest absolute Gasteiger partial charge is 0.220 e. The standard InChI is InChI=1S/C11H15ClN2O/c12-6-5-9-13-14-11(15-9)10-7-3-1-2-4-8(7)10/h7-8,10H,1-6H2.